The minimum Gasteiger partial charge on any atom is -0.490 e. The number of aryl methyl sites for hydroxylation is 2. The van der Waals surface area contributed by atoms with Crippen LogP contribution in [0.2, 0.25) is 0 Å². The van der Waals surface area contributed by atoms with Gasteiger partial charge in [-0.15, -0.1) is 0 Å². The Morgan fingerprint density at radius 1 is 1.00 bits per heavy atom. The second-order valence-electron chi connectivity index (χ2n) is 6.89. The van der Waals surface area contributed by atoms with Gasteiger partial charge in [0.1, 0.15) is 12.4 Å². The van der Waals surface area contributed by atoms with Gasteiger partial charge in [-0.3, -0.25) is 0 Å². The molecule has 0 spiro atoms. The summed E-state index contributed by atoms with van der Waals surface area (Å²) in [5.74, 6) is 1.05. The summed E-state index contributed by atoms with van der Waals surface area (Å²) in [6.45, 7) is 7.48. The number of benzene rings is 3. The highest BCUT2D eigenvalue weighted by atomic mass is 127. The molecule has 0 aliphatic heterocycles. The van der Waals surface area contributed by atoms with Gasteiger partial charge >= 0.3 is 0 Å². The molecule has 3 aromatic carbocycles. The van der Waals surface area contributed by atoms with E-state index >= 15 is 0 Å². The zero-order valence-corrected chi connectivity index (χ0v) is 19.0. The van der Waals surface area contributed by atoms with Crippen molar-refractivity contribution in [2.75, 3.05) is 11.9 Å². The van der Waals surface area contributed by atoms with Gasteiger partial charge in [0, 0.05) is 17.8 Å². The molecule has 0 atom stereocenters. The summed E-state index contributed by atoms with van der Waals surface area (Å²) in [6.07, 6.45) is 0. The van der Waals surface area contributed by atoms with Gasteiger partial charge in [0.05, 0.1) is 10.2 Å². The van der Waals surface area contributed by atoms with Crippen molar-refractivity contribution in [3.63, 3.8) is 0 Å². The molecule has 0 heterocycles. The Hall–Kier alpha value is -2.28. The fourth-order valence-corrected chi connectivity index (χ4v) is 3.84. The van der Waals surface area contributed by atoms with E-state index in [4.69, 9.17) is 9.47 Å². The molecule has 152 valence electrons. The summed E-state index contributed by atoms with van der Waals surface area (Å²) in [6, 6.07) is 17.1. The van der Waals surface area contributed by atoms with E-state index in [-0.39, 0.29) is 12.4 Å². The lowest BCUT2D eigenvalue weighted by Gasteiger charge is -2.17. The van der Waals surface area contributed by atoms with Crippen LogP contribution in [0.4, 0.5) is 10.1 Å². The smallest absolute Gasteiger partial charge is 0.174 e. The van der Waals surface area contributed by atoms with Crippen LogP contribution in [0, 0.1) is 23.2 Å². The van der Waals surface area contributed by atoms with Crippen molar-refractivity contribution in [3.8, 4) is 11.5 Å². The van der Waals surface area contributed by atoms with Crippen LogP contribution in [0.5, 0.6) is 11.5 Å². The molecule has 0 radical (unpaired) electrons. The van der Waals surface area contributed by atoms with E-state index < -0.39 is 0 Å². The van der Waals surface area contributed by atoms with Crippen molar-refractivity contribution in [3.05, 3.63) is 86.2 Å². The molecular weight excluding hydrogens is 480 g/mol. The zero-order valence-electron chi connectivity index (χ0n) is 16.9. The van der Waals surface area contributed by atoms with E-state index in [1.54, 1.807) is 18.2 Å². The average molecular weight is 505 g/mol. The van der Waals surface area contributed by atoms with E-state index in [0.29, 0.717) is 30.2 Å². The van der Waals surface area contributed by atoms with Crippen molar-refractivity contribution in [2.45, 2.75) is 33.9 Å². The molecule has 0 amide bonds. The van der Waals surface area contributed by atoms with Crippen LogP contribution in [0.15, 0.2) is 54.6 Å². The van der Waals surface area contributed by atoms with Crippen LogP contribution in [0.25, 0.3) is 0 Å². The SMILES string of the molecule is CCOc1cc(CNc2cc(C)ccc2C)cc(I)c1OCc1ccccc1F. The largest absolute Gasteiger partial charge is 0.490 e. The molecule has 0 saturated heterocycles. The molecule has 5 heteroatoms. The van der Waals surface area contributed by atoms with E-state index in [1.165, 1.54) is 17.2 Å². The zero-order chi connectivity index (χ0) is 20.8. The highest BCUT2D eigenvalue weighted by Gasteiger charge is 2.14. The summed E-state index contributed by atoms with van der Waals surface area (Å²) in [5.41, 5.74) is 5.17. The summed E-state index contributed by atoms with van der Waals surface area (Å²) in [4.78, 5) is 0. The van der Waals surface area contributed by atoms with Crippen molar-refractivity contribution >= 4 is 28.3 Å². The maximum absolute atomic E-state index is 13.9. The maximum Gasteiger partial charge on any atom is 0.174 e. The number of hydrogen-bond acceptors (Lipinski definition) is 3. The quantitative estimate of drug-likeness (QED) is 0.349. The van der Waals surface area contributed by atoms with Crippen molar-refractivity contribution in [1.82, 2.24) is 0 Å². The van der Waals surface area contributed by atoms with Crippen LogP contribution in [-0.2, 0) is 13.2 Å². The summed E-state index contributed by atoms with van der Waals surface area (Å²) >= 11 is 2.24. The minimum atomic E-state index is -0.269. The van der Waals surface area contributed by atoms with Gasteiger partial charge in [-0.25, -0.2) is 4.39 Å². The Morgan fingerprint density at radius 2 is 1.79 bits per heavy atom. The van der Waals surface area contributed by atoms with Gasteiger partial charge in [-0.05, 0) is 84.3 Å². The van der Waals surface area contributed by atoms with Crippen molar-refractivity contribution in [2.24, 2.45) is 0 Å². The molecule has 0 saturated carbocycles. The number of halogens is 2. The van der Waals surface area contributed by atoms with Crippen LogP contribution in [-0.4, -0.2) is 6.61 Å². The normalized spacial score (nSPS) is 10.7. The van der Waals surface area contributed by atoms with E-state index in [0.717, 1.165) is 14.8 Å². The highest BCUT2D eigenvalue weighted by Crippen LogP contribution is 2.35. The lowest BCUT2D eigenvalue weighted by atomic mass is 10.1. The molecule has 29 heavy (non-hydrogen) atoms. The molecule has 3 rings (SSSR count). The maximum atomic E-state index is 13.9. The first-order chi connectivity index (χ1) is 14.0. The van der Waals surface area contributed by atoms with Gasteiger partial charge in [0.25, 0.3) is 0 Å². The predicted molar refractivity (Wildman–Crippen MR) is 124 cm³/mol. The lowest BCUT2D eigenvalue weighted by molar-refractivity contribution is 0.264. The number of hydrogen-bond donors (Lipinski definition) is 1. The van der Waals surface area contributed by atoms with Crippen LogP contribution in [0.3, 0.4) is 0 Å². The highest BCUT2D eigenvalue weighted by molar-refractivity contribution is 14.1. The van der Waals surface area contributed by atoms with Crippen LogP contribution in [0.1, 0.15) is 29.2 Å². The van der Waals surface area contributed by atoms with E-state index in [1.807, 2.05) is 13.0 Å². The first-order valence-electron chi connectivity index (χ1n) is 9.60. The Bertz CT molecular complexity index is 991. The number of ether oxygens (including phenoxy) is 2. The molecule has 0 bridgehead atoms. The van der Waals surface area contributed by atoms with Gasteiger partial charge in [0.15, 0.2) is 11.5 Å². The third-order valence-corrected chi connectivity index (χ3v) is 5.38. The number of rotatable bonds is 8. The van der Waals surface area contributed by atoms with Crippen molar-refractivity contribution < 1.29 is 13.9 Å². The van der Waals surface area contributed by atoms with Crippen LogP contribution < -0.4 is 14.8 Å². The molecule has 0 aliphatic carbocycles. The molecule has 0 fully saturated rings. The van der Waals surface area contributed by atoms with E-state index in [9.17, 15) is 4.39 Å². The second-order valence-corrected chi connectivity index (χ2v) is 8.05. The second kappa shape index (κ2) is 9.96. The third kappa shape index (κ3) is 5.63. The van der Waals surface area contributed by atoms with Gasteiger partial charge in [0.2, 0.25) is 0 Å². The molecule has 0 unspecified atom stereocenters. The molecule has 3 aromatic rings. The lowest BCUT2D eigenvalue weighted by Crippen LogP contribution is -2.06. The van der Waals surface area contributed by atoms with Crippen LogP contribution >= 0.6 is 22.6 Å². The minimum absolute atomic E-state index is 0.156. The summed E-state index contributed by atoms with van der Waals surface area (Å²) < 4.78 is 26.6. The van der Waals surface area contributed by atoms with Crippen molar-refractivity contribution in [1.29, 1.82) is 0 Å². The van der Waals surface area contributed by atoms with E-state index in [2.05, 4.69) is 66.0 Å². The molecule has 0 aliphatic rings. The summed E-state index contributed by atoms with van der Waals surface area (Å²) in [7, 11) is 0. The fourth-order valence-electron chi connectivity index (χ4n) is 3.02. The van der Waals surface area contributed by atoms with Gasteiger partial charge in [-0.2, -0.15) is 0 Å². The first-order valence-corrected chi connectivity index (χ1v) is 10.7. The molecule has 0 aromatic heterocycles. The topological polar surface area (TPSA) is 30.5 Å². The molecule has 1 N–H and O–H groups in total. The monoisotopic (exact) mass is 505 g/mol. The Balaban J connectivity index is 1.78. The Labute approximate surface area is 185 Å². The fraction of sp³-hybridized carbons (Fsp3) is 0.250. The third-order valence-electron chi connectivity index (χ3n) is 4.58. The summed E-state index contributed by atoms with van der Waals surface area (Å²) in [5, 5.41) is 3.50. The first kappa shape index (κ1) is 21.4. The molecular formula is C24H25FINO2. The molecule has 3 nitrogen and oxygen atoms in total. The van der Waals surface area contributed by atoms with Gasteiger partial charge < -0.3 is 14.8 Å². The average Bonchev–Trinajstić information content (AvgIpc) is 2.69. The standard InChI is InChI=1S/C24H25FINO2/c1-4-28-23-13-18(14-27-22-11-16(2)9-10-17(22)3)12-21(26)24(23)29-15-19-7-5-6-8-20(19)25/h5-13,27H,4,14-15H2,1-3H3. The Kier molecular flexibility index (Phi) is 7.36. The van der Waals surface area contributed by atoms with Gasteiger partial charge in [-0.1, -0.05) is 30.3 Å². The number of nitrogens with one attached hydrogen (secondary N) is 1. The predicted octanol–water partition coefficient (Wildman–Crippen LogP) is 6.64. The number of anilines is 1. The Morgan fingerprint density at radius 3 is 2.55 bits per heavy atom.